The molecule has 2 atom stereocenters. The minimum Gasteiger partial charge on any atom is -0.390 e. The Morgan fingerprint density at radius 3 is 2.92 bits per heavy atom. The first-order chi connectivity index (χ1) is 5.65. The van der Waals surface area contributed by atoms with Crippen LogP contribution in [0.3, 0.4) is 0 Å². The topological polar surface area (TPSA) is 40.5 Å². The maximum absolute atomic E-state index is 12.0. The third-order valence-electron chi connectivity index (χ3n) is 2.37. The van der Waals surface area contributed by atoms with Crippen LogP contribution in [0, 0.1) is 5.92 Å². The Morgan fingerprint density at radius 2 is 2.50 bits per heavy atom. The van der Waals surface area contributed by atoms with E-state index in [1.807, 2.05) is 0 Å². The lowest BCUT2D eigenvalue weighted by Crippen LogP contribution is -2.30. The number of aliphatic hydroxyl groups excluding tert-OH is 1. The molecule has 5 heteroatoms. The molecule has 0 aliphatic carbocycles. The van der Waals surface area contributed by atoms with Crippen LogP contribution in [0.2, 0.25) is 0 Å². The second-order valence-corrected chi connectivity index (χ2v) is 3.24. The maximum atomic E-state index is 12.0. The lowest BCUT2D eigenvalue weighted by atomic mass is 10.0. The fraction of sp³-hybridized carbons (Fsp3) is 0.857. The maximum Gasteiger partial charge on any atom is 0.215 e. The number of halogens is 1. The van der Waals surface area contributed by atoms with E-state index in [-0.39, 0.29) is 11.7 Å². The molecule has 0 aromatic carbocycles. The molecule has 68 valence electrons. The highest BCUT2D eigenvalue weighted by Crippen LogP contribution is 2.19. The fourth-order valence-electron chi connectivity index (χ4n) is 1.51. The zero-order valence-corrected chi connectivity index (χ0v) is 7.16. The van der Waals surface area contributed by atoms with Crippen molar-refractivity contribution in [1.82, 2.24) is 4.90 Å². The van der Waals surface area contributed by atoms with Crippen LogP contribution < -0.4 is 0 Å². The van der Waals surface area contributed by atoms with E-state index in [9.17, 15) is 9.18 Å². The summed E-state index contributed by atoms with van der Waals surface area (Å²) < 4.78 is 12.0. The summed E-state index contributed by atoms with van der Waals surface area (Å²) in [6, 6.07) is 0. The molecular formula is C7H13BFNO2. The van der Waals surface area contributed by atoms with E-state index in [0.717, 1.165) is 0 Å². The van der Waals surface area contributed by atoms with Crippen molar-refractivity contribution >= 4 is 13.7 Å². The van der Waals surface area contributed by atoms with Gasteiger partial charge in [0.15, 0.2) is 5.81 Å². The monoisotopic (exact) mass is 173 g/mol. The third kappa shape index (κ3) is 1.97. The lowest BCUT2D eigenvalue weighted by Gasteiger charge is -2.16. The summed E-state index contributed by atoms with van der Waals surface area (Å²) in [6.07, 6.45) is -0.181. The summed E-state index contributed by atoms with van der Waals surface area (Å²) in [4.78, 5) is 12.5. The van der Waals surface area contributed by atoms with E-state index in [1.165, 1.54) is 7.85 Å². The van der Waals surface area contributed by atoms with Crippen LogP contribution in [0.4, 0.5) is 9.18 Å². The minimum absolute atomic E-state index is 0.00329. The Kier molecular flexibility index (Phi) is 3.09. The van der Waals surface area contributed by atoms with Crippen molar-refractivity contribution in [2.45, 2.75) is 12.5 Å². The Balaban J connectivity index is 2.40. The van der Waals surface area contributed by atoms with Crippen LogP contribution in [-0.4, -0.2) is 49.5 Å². The summed E-state index contributed by atoms with van der Waals surface area (Å²) >= 11 is 0. The van der Waals surface area contributed by atoms with Gasteiger partial charge in [-0.2, -0.15) is 0 Å². The van der Waals surface area contributed by atoms with Crippen LogP contribution >= 0.6 is 0 Å². The molecule has 1 saturated heterocycles. The molecule has 1 aliphatic rings. The molecule has 1 N–H and O–H groups in total. The molecule has 12 heavy (non-hydrogen) atoms. The van der Waals surface area contributed by atoms with Crippen molar-refractivity contribution in [2.75, 3.05) is 19.8 Å². The number of nitrogens with zero attached hydrogens (tertiary/aromatic N) is 1. The first kappa shape index (κ1) is 9.51. The number of hydrogen-bond acceptors (Lipinski definition) is 2. The second-order valence-electron chi connectivity index (χ2n) is 3.24. The SMILES string of the molecule is BC(=O)N1CCC(C(O)CF)C1. The van der Waals surface area contributed by atoms with Crippen LogP contribution in [0.1, 0.15) is 6.42 Å². The van der Waals surface area contributed by atoms with Crippen LogP contribution in [0.15, 0.2) is 0 Å². The Hall–Kier alpha value is -0.575. The smallest absolute Gasteiger partial charge is 0.215 e. The molecule has 1 rings (SSSR count). The molecule has 0 aromatic heterocycles. The highest BCUT2D eigenvalue weighted by Gasteiger charge is 2.29. The van der Waals surface area contributed by atoms with Gasteiger partial charge in [0, 0.05) is 19.0 Å². The Bertz CT molecular complexity index is 179. The molecule has 0 bridgehead atoms. The van der Waals surface area contributed by atoms with Crippen molar-refractivity contribution in [3.63, 3.8) is 0 Å². The first-order valence-corrected chi connectivity index (χ1v) is 4.14. The summed E-state index contributed by atoms with van der Waals surface area (Å²) in [5.74, 6) is -0.0672. The summed E-state index contributed by atoms with van der Waals surface area (Å²) in [5.41, 5.74) is 0. The van der Waals surface area contributed by atoms with Gasteiger partial charge in [0.25, 0.3) is 0 Å². The van der Waals surface area contributed by atoms with Gasteiger partial charge in [0.2, 0.25) is 7.85 Å². The van der Waals surface area contributed by atoms with E-state index in [1.54, 1.807) is 4.90 Å². The lowest BCUT2D eigenvalue weighted by molar-refractivity contribution is 0.0855. The van der Waals surface area contributed by atoms with E-state index in [0.29, 0.717) is 19.5 Å². The Labute approximate surface area is 72.0 Å². The molecule has 3 nitrogen and oxygen atoms in total. The molecular weight excluding hydrogens is 160 g/mol. The van der Waals surface area contributed by atoms with Crippen molar-refractivity contribution < 1.29 is 14.3 Å². The molecule has 2 unspecified atom stereocenters. The molecule has 0 aromatic rings. The second kappa shape index (κ2) is 3.89. The van der Waals surface area contributed by atoms with E-state index < -0.39 is 12.8 Å². The van der Waals surface area contributed by atoms with Gasteiger partial charge in [-0.15, -0.1) is 0 Å². The summed E-state index contributed by atoms with van der Waals surface area (Å²) in [6.45, 7) is 0.438. The van der Waals surface area contributed by atoms with Gasteiger partial charge in [0.05, 0.1) is 6.10 Å². The van der Waals surface area contributed by atoms with Gasteiger partial charge >= 0.3 is 0 Å². The number of alkyl halides is 1. The van der Waals surface area contributed by atoms with Gasteiger partial charge in [-0.25, -0.2) is 4.39 Å². The first-order valence-electron chi connectivity index (χ1n) is 4.14. The number of hydrogen-bond donors (Lipinski definition) is 1. The molecule has 1 heterocycles. The van der Waals surface area contributed by atoms with Crippen LogP contribution in [-0.2, 0) is 0 Å². The molecule has 1 fully saturated rings. The minimum atomic E-state index is -0.894. The number of likely N-dealkylation sites (tertiary alicyclic amines) is 1. The predicted octanol–water partition coefficient (Wildman–Crippen LogP) is -0.608. The number of carbonyl (C=O) groups is 1. The summed E-state index contributed by atoms with van der Waals surface area (Å²) in [5, 5.41) is 9.14. The zero-order chi connectivity index (χ0) is 9.14. The van der Waals surface area contributed by atoms with Crippen molar-refractivity contribution in [1.29, 1.82) is 0 Å². The molecule has 0 saturated carbocycles. The van der Waals surface area contributed by atoms with Crippen LogP contribution in [0.25, 0.3) is 0 Å². The van der Waals surface area contributed by atoms with Crippen molar-refractivity contribution in [2.24, 2.45) is 5.92 Å². The van der Waals surface area contributed by atoms with Gasteiger partial charge in [-0.05, 0) is 6.42 Å². The van der Waals surface area contributed by atoms with Crippen molar-refractivity contribution in [3.05, 3.63) is 0 Å². The number of aliphatic hydroxyl groups is 1. The quantitative estimate of drug-likeness (QED) is 0.566. The van der Waals surface area contributed by atoms with E-state index >= 15 is 0 Å². The van der Waals surface area contributed by atoms with Gasteiger partial charge in [-0.3, -0.25) is 4.79 Å². The molecule has 0 spiro atoms. The molecule has 1 aliphatic heterocycles. The normalized spacial score (nSPS) is 25.8. The third-order valence-corrected chi connectivity index (χ3v) is 2.37. The summed E-state index contributed by atoms with van der Waals surface area (Å²) in [7, 11) is 1.49. The Morgan fingerprint density at radius 1 is 1.83 bits per heavy atom. The average Bonchev–Trinajstić information content (AvgIpc) is 2.51. The number of amides is 1. The number of rotatable bonds is 2. The average molecular weight is 173 g/mol. The van der Waals surface area contributed by atoms with E-state index in [2.05, 4.69) is 0 Å². The number of carbonyl (C=O) groups excluding carboxylic acids is 1. The molecule has 0 radical (unpaired) electrons. The largest absolute Gasteiger partial charge is 0.390 e. The van der Waals surface area contributed by atoms with Crippen molar-refractivity contribution in [3.8, 4) is 0 Å². The predicted molar refractivity (Wildman–Crippen MR) is 45.6 cm³/mol. The standard InChI is InChI=1S/C7H13BFNO2/c8-7(12)10-2-1-5(4-10)6(11)3-9/h5-6,11H,1-4,8H2. The zero-order valence-electron chi connectivity index (χ0n) is 7.16. The highest BCUT2D eigenvalue weighted by molar-refractivity contribution is 6.56. The highest BCUT2D eigenvalue weighted by atomic mass is 19.1. The van der Waals surface area contributed by atoms with Gasteiger partial charge < -0.3 is 10.0 Å². The van der Waals surface area contributed by atoms with Gasteiger partial charge in [-0.1, -0.05) is 0 Å². The molecule has 1 amide bonds. The fourth-order valence-corrected chi connectivity index (χ4v) is 1.51. The van der Waals surface area contributed by atoms with E-state index in [4.69, 9.17) is 5.11 Å². The van der Waals surface area contributed by atoms with Crippen LogP contribution in [0.5, 0.6) is 0 Å². The van der Waals surface area contributed by atoms with Gasteiger partial charge in [0.1, 0.15) is 6.67 Å².